The van der Waals surface area contributed by atoms with E-state index in [1.165, 1.54) is 25.7 Å². The molecule has 1 rings (SSSR count). The van der Waals surface area contributed by atoms with Gasteiger partial charge in [-0.05, 0) is 43.4 Å². The van der Waals surface area contributed by atoms with Crippen LogP contribution in [0.25, 0.3) is 0 Å². The Balaban J connectivity index is 2.18. The lowest BCUT2D eigenvalue weighted by Crippen LogP contribution is -2.26. The quantitative estimate of drug-likeness (QED) is 0.665. The van der Waals surface area contributed by atoms with Gasteiger partial charge in [0.2, 0.25) is 6.41 Å². The number of amides is 1. The summed E-state index contributed by atoms with van der Waals surface area (Å²) in [5, 5.41) is 2.78. The van der Waals surface area contributed by atoms with Crippen LogP contribution in [0.15, 0.2) is 0 Å². The zero-order chi connectivity index (χ0) is 9.68. The Hall–Kier alpha value is -0.530. The summed E-state index contributed by atoms with van der Waals surface area (Å²) in [6.45, 7) is 5.51. The first kappa shape index (κ1) is 10.6. The largest absolute Gasteiger partial charge is 0.358 e. The van der Waals surface area contributed by atoms with E-state index >= 15 is 0 Å². The minimum absolute atomic E-state index is 0.736. The van der Waals surface area contributed by atoms with E-state index in [0.29, 0.717) is 0 Å². The smallest absolute Gasteiger partial charge is 0.207 e. The lowest BCUT2D eigenvalue weighted by atomic mass is 9.77. The molecule has 13 heavy (non-hydrogen) atoms. The van der Waals surface area contributed by atoms with Crippen LogP contribution in [0.1, 0.15) is 39.5 Å². The first-order valence-corrected chi connectivity index (χ1v) is 5.41. The molecule has 0 aromatic rings. The van der Waals surface area contributed by atoms with E-state index in [0.717, 1.165) is 30.7 Å². The average molecular weight is 183 g/mol. The summed E-state index contributed by atoms with van der Waals surface area (Å²) in [7, 11) is 0. The SMILES string of the molecule is CC(C)C1CCC(CNC=O)CC1. The minimum Gasteiger partial charge on any atom is -0.358 e. The molecule has 1 amide bonds. The molecule has 0 unspecified atom stereocenters. The van der Waals surface area contributed by atoms with Gasteiger partial charge in [-0.2, -0.15) is 0 Å². The second-order valence-electron chi connectivity index (χ2n) is 4.55. The molecular weight excluding hydrogens is 162 g/mol. The van der Waals surface area contributed by atoms with Crippen molar-refractivity contribution in [1.29, 1.82) is 0 Å². The van der Waals surface area contributed by atoms with Crippen molar-refractivity contribution < 1.29 is 4.79 Å². The van der Waals surface area contributed by atoms with Crippen molar-refractivity contribution >= 4 is 6.41 Å². The van der Waals surface area contributed by atoms with Crippen molar-refractivity contribution in [3.63, 3.8) is 0 Å². The molecule has 0 radical (unpaired) electrons. The number of nitrogens with one attached hydrogen (secondary N) is 1. The number of hydrogen-bond acceptors (Lipinski definition) is 1. The fraction of sp³-hybridized carbons (Fsp3) is 0.909. The molecule has 0 aromatic carbocycles. The summed E-state index contributed by atoms with van der Waals surface area (Å²) >= 11 is 0. The highest BCUT2D eigenvalue weighted by Crippen LogP contribution is 2.32. The molecule has 2 heteroatoms. The third-order valence-corrected chi connectivity index (χ3v) is 3.32. The summed E-state index contributed by atoms with van der Waals surface area (Å²) in [5.74, 6) is 2.49. The average Bonchev–Trinajstić information content (AvgIpc) is 2.15. The van der Waals surface area contributed by atoms with Crippen molar-refractivity contribution in [3.8, 4) is 0 Å². The highest BCUT2D eigenvalue weighted by molar-refractivity contribution is 5.45. The molecule has 0 spiro atoms. The molecule has 0 saturated heterocycles. The van der Waals surface area contributed by atoms with Gasteiger partial charge >= 0.3 is 0 Å². The van der Waals surface area contributed by atoms with E-state index in [1.54, 1.807) is 0 Å². The van der Waals surface area contributed by atoms with Crippen molar-refractivity contribution in [2.75, 3.05) is 6.54 Å². The van der Waals surface area contributed by atoms with Crippen LogP contribution in [0.2, 0.25) is 0 Å². The molecule has 0 atom stereocenters. The molecule has 1 saturated carbocycles. The van der Waals surface area contributed by atoms with Crippen LogP contribution in [0.5, 0.6) is 0 Å². The molecule has 2 nitrogen and oxygen atoms in total. The van der Waals surface area contributed by atoms with Gasteiger partial charge in [0, 0.05) is 6.54 Å². The van der Waals surface area contributed by atoms with Crippen LogP contribution >= 0.6 is 0 Å². The van der Waals surface area contributed by atoms with Crippen LogP contribution in [-0.2, 0) is 4.79 Å². The summed E-state index contributed by atoms with van der Waals surface area (Å²) in [5.41, 5.74) is 0. The van der Waals surface area contributed by atoms with E-state index in [1.807, 2.05) is 0 Å². The topological polar surface area (TPSA) is 29.1 Å². The second-order valence-corrected chi connectivity index (χ2v) is 4.55. The highest BCUT2D eigenvalue weighted by atomic mass is 16.1. The molecule has 0 bridgehead atoms. The summed E-state index contributed by atoms with van der Waals surface area (Å²) in [4.78, 5) is 10.1. The van der Waals surface area contributed by atoms with E-state index in [-0.39, 0.29) is 0 Å². The van der Waals surface area contributed by atoms with E-state index in [2.05, 4.69) is 19.2 Å². The summed E-state index contributed by atoms with van der Waals surface area (Å²) in [6, 6.07) is 0. The maximum atomic E-state index is 10.1. The van der Waals surface area contributed by atoms with Gasteiger partial charge in [-0.3, -0.25) is 4.79 Å². The van der Waals surface area contributed by atoms with E-state index < -0.39 is 0 Å². The lowest BCUT2D eigenvalue weighted by Gasteiger charge is -2.30. The van der Waals surface area contributed by atoms with Crippen molar-refractivity contribution in [1.82, 2.24) is 5.32 Å². The van der Waals surface area contributed by atoms with Gasteiger partial charge in [-0.25, -0.2) is 0 Å². The summed E-state index contributed by atoms with van der Waals surface area (Å²) < 4.78 is 0. The van der Waals surface area contributed by atoms with Crippen molar-refractivity contribution in [2.45, 2.75) is 39.5 Å². The Morgan fingerprint density at radius 2 is 1.92 bits per heavy atom. The highest BCUT2D eigenvalue weighted by Gasteiger charge is 2.22. The number of carbonyl (C=O) groups excluding carboxylic acids is 1. The molecule has 76 valence electrons. The molecule has 0 aromatic heterocycles. The number of carbonyl (C=O) groups is 1. The van der Waals surface area contributed by atoms with Crippen molar-refractivity contribution in [2.24, 2.45) is 17.8 Å². The second kappa shape index (κ2) is 5.25. The molecule has 1 N–H and O–H groups in total. The van der Waals surface area contributed by atoms with Gasteiger partial charge in [-0.15, -0.1) is 0 Å². The minimum atomic E-state index is 0.736. The Morgan fingerprint density at radius 1 is 1.31 bits per heavy atom. The normalized spacial score (nSPS) is 28.8. The monoisotopic (exact) mass is 183 g/mol. The Labute approximate surface area is 81.1 Å². The fourth-order valence-electron chi connectivity index (χ4n) is 2.27. The zero-order valence-corrected chi connectivity index (χ0v) is 8.75. The third-order valence-electron chi connectivity index (χ3n) is 3.32. The van der Waals surface area contributed by atoms with Gasteiger partial charge in [0.1, 0.15) is 0 Å². The Bertz CT molecular complexity index is 148. The van der Waals surface area contributed by atoms with Crippen LogP contribution in [0.3, 0.4) is 0 Å². The van der Waals surface area contributed by atoms with Crippen LogP contribution in [0, 0.1) is 17.8 Å². The predicted molar refractivity (Wildman–Crippen MR) is 54.4 cm³/mol. The summed E-state index contributed by atoms with van der Waals surface area (Å²) in [6.07, 6.45) is 6.10. The number of rotatable bonds is 4. The fourth-order valence-corrected chi connectivity index (χ4v) is 2.27. The molecule has 1 aliphatic rings. The van der Waals surface area contributed by atoms with Gasteiger partial charge < -0.3 is 5.32 Å². The van der Waals surface area contributed by atoms with E-state index in [4.69, 9.17) is 0 Å². The van der Waals surface area contributed by atoms with Crippen LogP contribution in [-0.4, -0.2) is 13.0 Å². The Morgan fingerprint density at radius 3 is 2.38 bits per heavy atom. The molecule has 0 heterocycles. The van der Waals surface area contributed by atoms with Gasteiger partial charge in [-0.1, -0.05) is 13.8 Å². The maximum Gasteiger partial charge on any atom is 0.207 e. The number of hydrogen-bond donors (Lipinski definition) is 1. The first-order valence-electron chi connectivity index (χ1n) is 5.41. The lowest BCUT2D eigenvalue weighted by molar-refractivity contribution is -0.109. The van der Waals surface area contributed by atoms with Gasteiger partial charge in [0.15, 0.2) is 0 Å². The standard InChI is InChI=1S/C11H21NO/c1-9(2)11-5-3-10(4-6-11)7-12-8-13/h8-11H,3-7H2,1-2H3,(H,12,13). The molecular formula is C11H21NO. The molecule has 0 aliphatic heterocycles. The molecule has 1 aliphatic carbocycles. The van der Waals surface area contributed by atoms with Gasteiger partial charge in [0.25, 0.3) is 0 Å². The van der Waals surface area contributed by atoms with Crippen molar-refractivity contribution in [3.05, 3.63) is 0 Å². The first-order chi connectivity index (χ1) is 6.24. The maximum absolute atomic E-state index is 10.1. The Kier molecular flexibility index (Phi) is 4.26. The van der Waals surface area contributed by atoms with Gasteiger partial charge in [0.05, 0.1) is 0 Å². The van der Waals surface area contributed by atoms with Crippen LogP contribution < -0.4 is 5.32 Å². The van der Waals surface area contributed by atoms with Crippen LogP contribution in [0.4, 0.5) is 0 Å². The predicted octanol–water partition coefficient (Wildman–Crippen LogP) is 2.19. The molecule has 1 fully saturated rings. The van der Waals surface area contributed by atoms with E-state index in [9.17, 15) is 4.79 Å². The third kappa shape index (κ3) is 3.37. The zero-order valence-electron chi connectivity index (χ0n) is 8.75.